The van der Waals surface area contributed by atoms with Gasteiger partial charge in [0.2, 0.25) is 0 Å². The van der Waals surface area contributed by atoms with Gasteiger partial charge in [-0.3, -0.25) is 4.98 Å². The number of hydrogen-bond donors (Lipinski definition) is 0. The van der Waals surface area contributed by atoms with Crippen molar-refractivity contribution in [2.24, 2.45) is 0 Å². The van der Waals surface area contributed by atoms with Crippen LogP contribution in [-0.4, -0.2) is 4.98 Å². The summed E-state index contributed by atoms with van der Waals surface area (Å²) in [5, 5.41) is 8.92. The van der Waals surface area contributed by atoms with Gasteiger partial charge in [-0.1, -0.05) is 12.2 Å². The SMILES string of the molecule is Cc1nc2c(c(C)c1C#N)C=CC2. The van der Waals surface area contributed by atoms with Crippen LogP contribution in [-0.2, 0) is 6.42 Å². The van der Waals surface area contributed by atoms with Gasteiger partial charge < -0.3 is 0 Å². The highest BCUT2D eigenvalue weighted by Crippen LogP contribution is 2.25. The molecule has 0 saturated heterocycles. The summed E-state index contributed by atoms with van der Waals surface area (Å²) in [6.07, 6.45) is 5.05. The first-order chi connectivity index (χ1) is 6.24. The lowest BCUT2D eigenvalue weighted by molar-refractivity contribution is 1.05. The fraction of sp³-hybridized carbons (Fsp3) is 0.273. The fourth-order valence-electron chi connectivity index (χ4n) is 1.77. The monoisotopic (exact) mass is 170 g/mol. The number of allylic oxidation sites excluding steroid dienone is 1. The smallest absolute Gasteiger partial charge is 0.101 e. The van der Waals surface area contributed by atoms with Gasteiger partial charge in [0, 0.05) is 12.0 Å². The number of nitrogens with zero attached hydrogens (tertiary/aromatic N) is 2. The third kappa shape index (κ3) is 1.05. The zero-order chi connectivity index (χ0) is 9.42. The number of pyridine rings is 1. The molecular formula is C11H10N2. The minimum atomic E-state index is 0.727. The van der Waals surface area contributed by atoms with Crippen LogP contribution >= 0.6 is 0 Å². The molecule has 1 heterocycles. The zero-order valence-electron chi connectivity index (χ0n) is 7.76. The standard InChI is InChI=1S/C11H10N2/c1-7-9-4-3-5-11(9)13-8(2)10(7)6-12/h3-4H,5H2,1-2H3. The van der Waals surface area contributed by atoms with Crippen LogP contribution in [0.4, 0.5) is 0 Å². The molecular weight excluding hydrogens is 160 g/mol. The normalized spacial score (nSPS) is 12.7. The van der Waals surface area contributed by atoms with E-state index in [2.05, 4.69) is 23.2 Å². The quantitative estimate of drug-likeness (QED) is 0.598. The Bertz CT molecular complexity index is 436. The summed E-state index contributed by atoms with van der Waals surface area (Å²) in [7, 11) is 0. The Morgan fingerprint density at radius 2 is 2.23 bits per heavy atom. The average molecular weight is 170 g/mol. The zero-order valence-corrected chi connectivity index (χ0v) is 7.76. The Morgan fingerprint density at radius 3 is 2.92 bits per heavy atom. The molecule has 0 bridgehead atoms. The second-order valence-corrected chi connectivity index (χ2v) is 3.28. The molecule has 2 heteroatoms. The maximum Gasteiger partial charge on any atom is 0.101 e. The second kappa shape index (κ2) is 2.70. The van der Waals surface area contributed by atoms with Crippen molar-refractivity contribution < 1.29 is 0 Å². The molecule has 2 rings (SSSR count). The summed E-state index contributed by atoms with van der Waals surface area (Å²) < 4.78 is 0. The van der Waals surface area contributed by atoms with Crippen LogP contribution in [0.15, 0.2) is 6.08 Å². The molecule has 1 aromatic heterocycles. The summed E-state index contributed by atoms with van der Waals surface area (Å²) in [5.41, 5.74) is 4.89. The Labute approximate surface area is 77.5 Å². The summed E-state index contributed by atoms with van der Waals surface area (Å²) in [4.78, 5) is 4.40. The summed E-state index contributed by atoms with van der Waals surface area (Å²) >= 11 is 0. The molecule has 1 aliphatic rings. The number of aryl methyl sites for hydroxylation is 1. The minimum Gasteiger partial charge on any atom is -0.256 e. The lowest BCUT2D eigenvalue weighted by Gasteiger charge is -2.07. The van der Waals surface area contributed by atoms with Gasteiger partial charge >= 0.3 is 0 Å². The Kier molecular flexibility index (Phi) is 1.66. The van der Waals surface area contributed by atoms with Crippen molar-refractivity contribution >= 4 is 6.08 Å². The van der Waals surface area contributed by atoms with Gasteiger partial charge in [-0.05, 0) is 19.4 Å². The predicted molar refractivity (Wildman–Crippen MR) is 51.2 cm³/mol. The number of nitriles is 1. The molecule has 1 aromatic rings. The molecule has 64 valence electrons. The molecule has 0 N–H and O–H groups in total. The van der Waals surface area contributed by atoms with Gasteiger partial charge in [0.05, 0.1) is 17.0 Å². The average Bonchev–Trinajstić information content (AvgIpc) is 2.53. The van der Waals surface area contributed by atoms with Crippen molar-refractivity contribution in [1.29, 1.82) is 5.26 Å². The number of fused-ring (bicyclic) bond motifs is 1. The molecule has 0 radical (unpaired) electrons. The molecule has 1 aliphatic carbocycles. The van der Waals surface area contributed by atoms with Crippen LogP contribution in [0.3, 0.4) is 0 Å². The van der Waals surface area contributed by atoms with Crippen LogP contribution in [0.2, 0.25) is 0 Å². The summed E-state index contributed by atoms with van der Waals surface area (Å²) in [6, 6.07) is 2.20. The highest BCUT2D eigenvalue weighted by Gasteiger charge is 2.14. The molecule has 0 aromatic carbocycles. The van der Waals surface area contributed by atoms with E-state index in [9.17, 15) is 0 Å². The van der Waals surface area contributed by atoms with Crippen molar-refractivity contribution in [3.8, 4) is 6.07 Å². The van der Waals surface area contributed by atoms with E-state index in [0.717, 1.165) is 34.5 Å². The van der Waals surface area contributed by atoms with E-state index < -0.39 is 0 Å². The molecule has 13 heavy (non-hydrogen) atoms. The molecule has 0 atom stereocenters. The first-order valence-electron chi connectivity index (χ1n) is 4.30. The maximum absolute atomic E-state index is 8.92. The van der Waals surface area contributed by atoms with Crippen molar-refractivity contribution in [1.82, 2.24) is 4.98 Å². The number of rotatable bonds is 0. The van der Waals surface area contributed by atoms with E-state index in [1.165, 1.54) is 0 Å². The van der Waals surface area contributed by atoms with Gasteiger partial charge in [0.15, 0.2) is 0 Å². The van der Waals surface area contributed by atoms with Crippen LogP contribution in [0.25, 0.3) is 6.08 Å². The second-order valence-electron chi connectivity index (χ2n) is 3.28. The largest absolute Gasteiger partial charge is 0.256 e. The molecule has 0 unspecified atom stereocenters. The lowest BCUT2D eigenvalue weighted by Crippen LogP contribution is -1.99. The molecule has 0 aliphatic heterocycles. The third-order valence-corrected chi connectivity index (χ3v) is 2.46. The maximum atomic E-state index is 8.92. The van der Waals surface area contributed by atoms with E-state index in [-0.39, 0.29) is 0 Å². The lowest BCUT2D eigenvalue weighted by atomic mass is 10.0. The third-order valence-electron chi connectivity index (χ3n) is 2.46. The Hall–Kier alpha value is -1.62. The van der Waals surface area contributed by atoms with E-state index in [0.29, 0.717) is 0 Å². The fourth-order valence-corrected chi connectivity index (χ4v) is 1.77. The van der Waals surface area contributed by atoms with E-state index in [1.807, 2.05) is 13.8 Å². The van der Waals surface area contributed by atoms with Crippen LogP contribution < -0.4 is 0 Å². The number of aromatic nitrogens is 1. The molecule has 0 amide bonds. The van der Waals surface area contributed by atoms with Crippen LogP contribution in [0.5, 0.6) is 0 Å². The molecule has 0 saturated carbocycles. The highest BCUT2D eigenvalue weighted by molar-refractivity contribution is 5.65. The summed E-state index contributed by atoms with van der Waals surface area (Å²) in [6.45, 7) is 3.88. The van der Waals surface area contributed by atoms with Crippen molar-refractivity contribution in [3.05, 3.63) is 34.2 Å². The molecule has 2 nitrogen and oxygen atoms in total. The van der Waals surface area contributed by atoms with E-state index >= 15 is 0 Å². The number of hydrogen-bond acceptors (Lipinski definition) is 2. The van der Waals surface area contributed by atoms with E-state index in [4.69, 9.17) is 5.26 Å². The first-order valence-corrected chi connectivity index (χ1v) is 4.30. The van der Waals surface area contributed by atoms with Gasteiger partial charge in [-0.25, -0.2) is 0 Å². The van der Waals surface area contributed by atoms with Crippen molar-refractivity contribution in [2.75, 3.05) is 0 Å². The Morgan fingerprint density at radius 1 is 1.46 bits per heavy atom. The van der Waals surface area contributed by atoms with Crippen molar-refractivity contribution in [2.45, 2.75) is 20.3 Å². The summed E-state index contributed by atoms with van der Waals surface area (Å²) in [5.74, 6) is 0. The van der Waals surface area contributed by atoms with E-state index in [1.54, 1.807) is 0 Å². The van der Waals surface area contributed by atoms with Crippen LogP contribution in [0, 0.1) is 25.2 Å². The topological polar surface area (TPSA) is 36.7 Å². The van der Waals surface area contributed by atoms with Gasteiger partial charge in [0.1, 0.15) is 6.07 Å². The Balaban J connectivity index is 2.77. The minimum absolute atomic E-state index is 0.727. The molecule has 0 fully saturated rings. The predicted octanol–water partition coefficient (Wildman–Crippen LogP) is 2.14. The van der Waals surface area contributed by atoms with Gasteiger partial charge in [-0.2, -0.15) is 5.26 Å². The highest BCUT2D eigenvalue weighted by atomic mass is 14.7. The van der Waals surface area contributed by atoms with Gasteiger partial charge in [-0.15, -0.1) is 0 Å². The molecule has 0 spiro atoms. The van der Waals surface area contributed by atoms with Crippen LogP contribution in [0.1, 0.15) is 28.1 Å². The first kappa shape index (κ1) is 8.00. The van der Waals surface area contributed by atoms with Gasteiger partial charge in [0.25, 0.3) is 0 Å². The van der Waals surface area contributed by atoms with Crippen molar-refractivity contribution in [3.63, 3.8) is 0 Å².